The summed E-state index contributed by atoms with van der Waals surface area (Å²) in [5.74, 6) is -2.46. The molecule has 0 saturated heterocycles. The number of hydrogen-bond donors (Lipinski definition) is 2. The molecular formula is C10H17NO5. The maximum Gasteiger partial charge on any atom is 0.326 e. The molecule has 6 heteroatoms. The van der Waals surface area contributed by atoms with Gasteiger partial charge in [0, 0.05) is 6.92 Å². The van der Waals surface area contributed by atoms with E-state index in [1.165, 1.54) is 6.92 Å². The van der Waals surface area contributed by atoms with Crippen LogP contribution in [-0.4, -0.2) is 35.6 Å². The molecule has 0 spiro atoms. The minimum atomic E-state index is -1.09. The van der Waals surface area contributed by atoms with Gasteiger partial charge < -0.3 is 15.2 Å². The van der Waals surface area contributed by atoms with Crippen molar-refractivity contribution >= 4 is 17.8 Å². The lowest BCUT2D eigenvalue weighted by atomic mass is 9.99. The molecule has 0 fully saturated rings. The number of esters is 1. The molecule has 0 bridgehead atoms. The van der Waals surface area contributed by atoms with Gasteiger partial charge in [-0.1, -0.05) is 20.3 Å². The second-order valence-corrected chi connectivity index (χ2v) is 3.55. The average Bonchev–Trinajstić information content (AvgIpc) is 2.21. The molecule has 2 atom stereocenters. The number of rotatable bonds is 6. The second kappa shape index (κ2) is 6.81. The first-order valence-corrected chi connectivity index (χ1v) is 5.04. The Hall–Kier alpha value is -1.59. The summed E-state index contributed by atoms with van der Waals surface area (Å²) in [6.07, 6.45) is 0.630. The van der Waals surface area contributed by atoms with Crippen molar-refractivity contribution in [2.24, 2.45) is 5.92 Å². The summed E-state index contributed by atoms with van der Waals surface area (Å²) in [5.41, 5.74) is 0. The number of carbonyl (C=O) groups excluding carboxylic acids is 2. The summed E-state index contributed by atoms with van der Waals surface area (Å²) in [6.45, 7) is 4.29. The molecule has 92 valence electrons. The molecule has 1 amide bonds. The van der Waals surface area contributed by atoms with Crippen molar-refractivity contribution in [3.63, 3.8) is 0 Å². The van der Waals surface area contributed by atoms with E-state index < -0.39 is 30.5 Å². The first-order chi connectivity index (χ1) is 7.38. The van der Waals surface area contributed by atoms with Gasteiger partial charge in [0.25, 0.3) is 5.91 Å². The van der Waals surface area contributed by atoms with E-state index in [1.54, 1.807) is 6.92 Å². The zero-order chi connectivity index (χ0) is 12.7. The number of aliphatic carboxylic acids is 1. The van der Waals surface area contributed by atoms with Crippen molar-refractivity contribution in [1.82, 2.24) is 5.32 Å². The van der Waals surface area contributed by atoms with E-state index in [0.717, 1.165) is 0 Å². The minimum Gasteiger partial charge on any atom is -0.480 e. The number of carboxylic acids is 1. The van der Waals surface area contributed by atoms with Crippen LogP contribution in [0.1, 0.15) is 27.2 Å². The largest absolute Gasteiger partial charge is 0.480 e. The highest BCUT2D eigenvalue weighted by molar-refractivity contribution is 5.85. The van der Waals surface area contributed by atoms with E-state index in [-0.39, 0.29) is 5.92 Å². The maximum absolute atomic E-state index is 11.2. The Balaban J connectivity index is 4.24. The van der Waals surface area contributed by atoms with E-state index in [0.29, 0.717) is 6.42 Å². The third kappa shape index (κ3) is 5.33. The molecule has 0 aromatic heterocycles. The van der Waals surface area contributed by atoms with Crippen LogP contribution in [0.2, 0.25) is 0 Å². The monoisotopic (exact) mass is 231 g/mol. The normalized spacial score (nSPS) is 13.7. The highest BCUT2D eigenvalue weighted by atomic mass is 16.5. The fraction of sp³-hybridized carbons (Fsp3) is 0.700. The zero-order valence-corrected chi connectivity index (χ0v) is 9.65. The molecule has 0 aromatic carbocycles. The van der Waals surface area contributed by atoms with Gasteiger partial charge in [-0.3, -0.25) is 9.59 Å². The Morgan fingerprint density at radius 1 is 1.38 bits per heavy atom. The molecule has 6 nitrogen and oxygen atoms in total. The van der Waals surface area contributed by atoms with Crippen LogP contribution in [-0.2, 0) is 19.1 Å². The van der Waals surface area contributed by atoms with Gasteiger partial charge in [-0.05, 0) is 5.92 Å². The Morgan fingerprint density at radius 3 is 2.31 bits per heavy atom. The molecule has 2 N–H and O–H groups in total. The minimum absolute atomic E-state index is 0.182. The molecule has 0 aliphatic rings. The van der Waals surface area contributed by atoms with Gasteiger partial charge in [-0.2, -0.15) is 0 Å². The molecule has 0 aliphatic carbocycles. The van der Waals surface area contributed by atoms with E-state index >= 15 is 0 Å². The molecule has 0 heterocycles. The lowest BCUT2D eigenvalue weighted by Gasteiger charge is -2.19. The number of nitrogens with one attached hydrogen (secondary N) is 1. The second-order valence-electron chi connectivity index (χ2n) is 3.55. The van der Waals surface area contributed by atoms with Crippen molar-refractivity contribution in [1.29, 1.82) is 0 Å². The predicted molar refractivity (Wildman–Crippen MR) is 55.7 cm³/mol. The van der Waals surface area contributed by atoms with E-state index in [4.69, 9.17) is 5.11 Å². The standard InChI is InChI=1S/C10H17NO5/c1-4-6(2)9(10(14)15)11-8(13)5-16-7(3)12/h6,9H,4-5H2,1-3H3,(H,11,13)(H,14,15)/t6-,9+/m0/s1. The fourth-order valence-corrected chi connectivity index (χ4v) is 1.07. The summed E-state index contributed by atoms with van der Waals surface area (Å²) in [4.78, 5) is 32.5. The number of hydrogen-bond acceptors (Lipinski definition) is 4. The van der Waals surface area contributed by atoms with Crippen LogP contribution in [0.15, 0.2) is 0 Å². The molecule has 16 heavy (non-hydrogen) atoms. The van der Waals surface area contributed by atoms with Gasteiger partial charge in [0.05, 0.1) is 0 Å². The third-order valence-corrected chi connectivity index (χ3v) is 2.20. The summed E-state index contributed by atoms with van der Waals surface area (Å²) in [5, 5.41) is 11.2. The van der Waals surface area contributed by atoms with Crippen molar-refractivity contribution in [3.05, 3.63) is 0 Å². The molecule has 0 radical (unpaired) electrons. The zero-order valence-electron chi connectivity index (χ0n) is 9.65. The van der Waals surface area contributed by atoms with Gasteiger partial charge in [0.15, 0.2) is 6.61 Å². The molecule has 0 rings (SSSR count). The van der Waals surface area contributed by atoms with Crippen molar-refractivity contribution in [3.8, 4) is 0 Å². The summed E-state index contributed by atoms with van der Waals surface area (Å²) < 4.78 is 4.45. The van der Waals surface area contributed by atoms with E-state index in [1.807, 2.05) is 6.92 Å². The number of amides is 1. The SMILES string of the molecule is CC[C@H](C)[C@@H](NC(=O)COC(C)=O)C(=O)O. The van der Waals surface area contributed by atoms with Gasteiger partial charge >= 0.3 is 11.9 Å². The smallest absolute Gasteiger partial charge is 0.326 e. The van der Waals surface area contributed by atoms with Gasteiger partial charge in [-0.15, -0.1) is 0 Å². The van der Waals surface area contributed by atoms with Gasteiger partial charge in [0.1, 0.15) is 6.04 Å². The van der Waals surface area contributed by atoms with Crippen LogP contribution in [0.4, 0.5) is 0 Å². The van der Waals surface area contributed by atoms with E-state index in [2.05, 4.69) is 10.1 Å². The Morgan fingerprint density at radius 2 is 1.94 bits per heavy atom. The van der Waals surface area contributed by atoms with Crippen molar-refractivity contribution in [2.75, 3.05) is 6.61 Å². The average molecular weight is 231 g/mol. The lowest BCUT2D eigenvalue weighted by molar-refractivity contribution is -0.148. The van der Waals surface area contributed by atoms with Crippen LogP contribution in [0, 0.1) is 5.92 Å². The predicted octanol–water partition coefficient (Wildman–Crippen LogP) is 0.165. The summed E-state index contributed by atoms with van der Waals surface area (Å²) in [7, 11) is 0. The van der Waals surface area contributed by atoms with Crippen molar-refractivity contribution < 1.29 is 24.2 Å². The first kappa shape index (κ1) is 14.4. The van der Waals surface area contributed by atoms with Gasteiger partial charge in [0.2, 0.25) is 0 Å². The Labute approximate surface area is 94.0 Å². The molecule has 0 unspecified atom stereocenters. The number of carbonyl (C=O) groups is 3. The molecule has 0 aromatic rings. The first-order valence-electron chi connectivity index (χ1n) is 5.04. The van der Waals surface area contributed by atoms with Crippen molar-refractivity contribution in [2.45, 2.75) is 33.2 Å². The third-order valence-electron chi connectivity index (χ3n) is 2.20. The topological polar surface area (TPSA) is 92.7 Å². The Kier molecular flexibility index (Phi) is 6.14. The highest BCUT2D eigenvalue weighted by Gasteiger charge is 2.25. The lowest BCUT2D eigenvalue weighted by Crippen LogP contribution is -2.46. The molecule has 0 aliphatic heterocycles. The van der Waals surface area contributed by atoms with Crippen LogP contribution in [0.25, 0.3) is 0 Å². The Bertz CT molecular complexity index is 276. The van der Waals surface area contributed by atoms with Crippen LogP contribution in [0.5, 0.6) is 0 Å². The van der Waals surface area contributed by atoms with Gasteiger partial charge in [-0.25, -0.2) is 4.79 Å². The molecular weight excluding hydrogens is 214 g/mol. The fourth-order valence-electron chi connectivity index (χ4n) is 1.07. The molecule has 0 saturated carbocycles. The quantitative estimate of drug-likeness (QED) is 0.635. The summed E-state index contributed by atoms with van der Waals surface area (Å²) >= 11 is 0. The van der Waals surface area contributed by atoms with E-state index in [9.17, 15) is 14.4 Å². The van der Waals surface area contributed by atoms with Crippen LogP contribution in [0.3, 0.4) is 0 Å². The maximum atomic E-state index is 11.2. The highest BCUT2D eigenvalue weighted by Crippen LogP contribution is 2.07. The number of ether oxygens (including phenoxy) is 1. The van der Waals surface area contributed by atoms with Crippen LogP contribution < -0.4 is 5.32 Å². The van der Waals surface area contributed by atoms with Crippen LogP contribution >= 0.6 is 0 Å². The number of carboxylic acid groups (broad SMARTS) is 1. The summed E-state index contributed by atoms with van der Waals surface area (Å²) in [6, 6.07) is -0.951.